The van der Waals surface area contributed by atoms with E-state index in [2.05, 4.69) is 24.0 Å². The highest BCUT2D eigenvalue weighted by Crippen LogP contribution is 2.02. The Morgan fingerprint density at radius 3 is 2.29 bits per heavy atom. The third-order valence-corrected chi connectivity index (χ3v) is 3.12. The molecule has 0 aromatic rings. The van der Waals surface area contributed by atoms with Gasteiger partial charge in [0.1, 0.15) is 6.10 Å². The molecule has 0 amide bonds. The lowest BCUT2D eigenvalue weighted by atomic mass is 10.2. The Kier molecular flexibility index (Phi) is 16.1. The number of hydrogen-bond acceptors (Lipinski definition) is 3. The fourth-order valence-electron chi connectivity index (χ4n) is 1.82. The summed E-state index contributed by atoms with van der Waals surface area (Å²) in [5.74, 6) is -0.739. The number of carboxylic acid groups (broad SMARTS) is 1. The van der Waals surface area contributed by atoms with Crippen molar-refractivity contribution >= 4 is 5.97 Å². The summed E-state index contributed by atoms with van der Waals surface area (Å²) in [6.45, 7) is 2.07. The molecule has 0 fully saturated rings. The molecule has 1 atom stereocenters. The van der Waals surface area contributed by atoms with Crippen molar-refractivity contribution in [2.45, 2.75) is 58.0 Å². The van der Waals surface area contributed by atoms with Crippen LogP contribution < -0.4 is 0 Å². The molecule has 0 aliphatic rings. The normalized spacial score (nSPS) is 14.1. The van der Waals surface area contributed by atoms with E-state index in [-0.39, 0.29) is 12.5 Å². The number of rotatable bonds is 14. The van der Waals surface area contributed by atoms with Crippen molar-refractivity contribution in [2.24, 2.45) is 0 Å². The molecule has 0 bridgehead atoms. The molecular formula is C20H30O4. The predicted molar refractivity (Wildman–Crippen MR) is 98.8 cm³/mol. The van der Waals surface area contributed by atoms with Crippen LogP contribution in [0.4, 0.5) is 0 Å². The number of unbranched alkanes of at least 4 members (excludes halogenated alkanes) is 1. The first kappa shape index (κ1) is 22.1. The van der Waals surface area contributed by atoms with Gasteiger partial charge in [0, 0.05) is 6.42 Å². The van der Waals surface area contributed by atoms with Crippen molar-refractivity contribution in [3.8, 4) is 0 Å². The summed E-state index contributed by atoms with van der Waals surface area (Å²) in [6.07, 6.45) is 24.6. The number of carboxylic acids is 1. The lowest BCUT2D eigenvalue weighted by molar-refractivity contribution is -0.264. The van der Waals surface area contributed by atoms with Crippen LogP contribution in [-0.2, 0) is 9.68 Å². The second kappa shape index (κ2) is 17.4. The Hall–Kier alpha value is -1.91. The molecule has 1 unspecified atom stereocenters. The van der Waals surface area contributed by atoms with Crippen LogP contribution in [0.5, 0.6) is 0 Å². The minimum absolute atomic E-state index is 0.230. The largest absolute Gasteiger partial charge is 0.481 e. The molecule has 0 aromatic carbocycles. The molecule has 4 heteroatoms. The zero-order chi connectivity index (χ0) is 17.9. The van der Waals surface area contributed by atoms with E-state index < -0.39 is 5.97 Å². The number of aliphatic carboxylic acids is 1. The monoisotopic (exact) mass is 334 g/mol. The van der Waals surface area contributed by atoms with Gasteiger partial charge in [0.2, 0.25) is 0 Å². The molecule has 0 radical (unpaired) electrons. The van der Waals surface area contributed by atoms with E-state index in [4.69, 9.17) is 10.4 Å². The Labute approximate surface area is 145 Å². The molecular weight excluding hydrogens is 304 g/mol. The number of allylic oxidation sites excluding steroid dienone is 8. The van der Waals surface area contributed by atoms with Crippen LogP contribution in [0, 0.1) is 0 Å². The van der Waals surface area contributed by atoms with Gasteiger partial charge in [0.05, 0.1) is 0 Å². The van der Waals surface area contributed by atoms with E-state index in [0.717, 1.165) is 25.7 Å². The highest BCUT2D eigenvalue weighted by Gasteiger charge is 1.99. The zero-order valence-corrected chi connectivity index (χ0v) is 14.5. The summed E-state index contributed by atoms with van der Waals surface area (Å²) in [6, 6.07) is 0. The van der Waals surface area contributed by atoms with Crippen molar-refractivity contribution in [3.05, 3.63) is 60.8 Å². The van der Waals surface area contributed by atoms with Gasteiger partial charge in [0.25, 0.3) is 0 Å². The van der Waals surface area contributed by atoms with Crippen molar-refractivity contribution in [3.63, 3.8) is 0 Å². The van der Waals surface area contributed by atoms with E-state index in [9.17, 15) is 4.79 Å². The van der Waals surface area contributed by atoms with E-state index >= 15 is 0 Å². The standard InChI is InChI=1S/C20H30O4/c1-2-3-4-13-16-19(24-23)17-14-11-9-7-5-6-8-10-12-15-18-20(21)22/h3-5,7-8,10-11,13-14,16,19,23H,2,6,9,12,15,17-18H2,1H3,(H,21,22)/b4-3-,7-5-,10-8-,14-11-,16-13+. The van der Waals surface area contributed by atoms with Crippen LogP contribution in [-0.4, -0.2) is 22.4 Å². The Balaban J connectivity index is 3.75. The molecule has 0 heterocycles. The van der Waals surface area contributed by atoms with Crippen molar-refractivity contribution in [1.82, 2.24) is 0 Å². The molecule has 134 valence electrons. The average molecular weight is 334 g/mol. The first-order chi connectivity index (χ1) is 11.7. The summed E-state index contributed by atoms with van der Waals surface area (Å²) < 4.78 is 0. The van der Waals surface area contributed by atoms with Gasteiger partial charge in [-0.1, -0.05) is 67.7 Å². The minimum Gasteiger partial charge on any atom is -0.481 e. The molecule has 0 aliphatic carbocycles. The Morgan fingerprint density at radius 2 is 1.67 bits per heavy atom. The highest BCUT2D eigenvalue weighted by atomic mass is 17.1. The van der Waals surface area contributed by atoms with E-state index in [0.29, 0.717) is 12.8 Å². The maximum atomic E-state index is 10.3. The lowest BCUT2D eigenvalue weighted by Gasteiger charge is -2.03. The van der Waals surface area contributed by atoms with Gasteiger partial charge in [-0.2, -0.15) is 0 Å². The molecule has 0 rings (SSSR count). The summed E-state index contributed by atoms with van der Waals surface area (Å²) in [4.78, 5) is 14.7. The maximum Gasteiger partial charge on any atom is 0.303 e. The van der Waals surface area contributed by atoms with Gasteiger partial charge in [0.15, 0.2) is 0 Å². The molecule has 2 N–H and O–H groups in total. The van der Waals surface area contributed by atoms with Crippen LogP contribution in [0.3, 0.4) is 0 Å². The Morgan fingerprint density at radius 1 is 1.00 bits per heavy atom. The third kappa shape index (κ3) is 16.5. The van der Waals surface area contributed by atoms with Gasteiger partial charge >= 0.3 is 5.97 Å². The summed E-state index contributed by atoms with van der Waals surface area (Å²) in [5.41, 5.74) is 0. The molecule has 4 nitrogen and oxygen atoms in total. The van der Waals surface area contributed by atoms with Crippen molar-refractivity contribution < 1.29 is 20.0 Å². The molecule has 0 saturated carbocycles. The van der Waals surface area contributed by atoms with Crippen LogP contribution in [0.2, 0.25) is 0 Å². The van der Waals surface area contributed by atoms with Gasteiger partial charge in [-0.05, 0) is 38.5 Å². The fraction of sp³-hybridized carbons (Fsp3) is 0.450. The first-order valence-corrected chi connectivity index (χ1v) is 8.51. The second-order valence-electron chi connectivity index (χ2n) is 5.27. The minimum atomic E-state index is -0.739. The van der Waals surface area contributed by atoms with Gasteiger partial charge < -0.3 is 5.11 Å². The lowest BCUT2D eigenvalue weighted by Crippen LogP contribution is -2.04. The second-order valence-corrected chi connectivity index (χ2v) is 5.27. The first-order valence-electron chi connectivity index (χ1n) is 8.51. The molecule has 0 saturated heterocycles. The van der Waals surface area contributed by atoms with Gasteiger partial charge in [-0.3, -0.25) is 10.1 Å². The molecule has 0 aromatic heterocycles. The van der Waals surface area contributed by atoms with E-state index in [1.54, 1.807) is 0 Å². The SMILES string of the molecule is CC/C=C\C=C\C(C/C=C\C/C=C\C/C=C\CCCC(=O)O)OO. The third-order valence-electron chi connectivity index (χ3n) is 3.12. The quantitative estimate of drug-likeness (QED) is 0.145. The van der Waals surface area contributed by atoms with Gasteiger partial charge in [-0.15, -0.1) is 0 Å². The van der Waals surface area contributed by atoms with E-state index in [1.165, 1.54) is 0 Å². The topological polar surface area (TPSA) is 66.8 Å². The highest BCUT2D eigenvalue weighted by molar-refractivity contribution is 5.66. The number of carbonyl (C=O) groups is 1. The smallest absolute Gasteiger partial charge is 0.303 e. The summed E-state index contributed by atoms with van der Waals surface area (Å²) >= 11 is 0. The fourth-order valence-corrected chi connectivity index (χ4v) is 1.82. The van der Waals surface area contributed by atoms with Crippen molar-refractivity contribution in [2.75, 3.05) is 0 Å². The molecule has 0 aliphatic heterocycles. The predicted octanol–water partition coefficient (Wildman–Crippen LogP) is 5.46. The van der Waals surface area contributed by atoms with Crippen LogP contribution in [0.25, 0.3) is 0 Å². The van der Waals surface area contributed by atoms with Crippen LogP contribution in [0.15, 0.2) is 60.8 Å². The summed E-state index contributed by atoms with van der Waals surface area (Å²) in [7, 11) is 0. The average Bonchev–Trinajstić information content (AvgIpc) is 2.57. The van der Waals surface area contributed by atoms with Gasteiger partial charge in [-0.25, -0.2) is 4.89 Å². The number of hydrogen-bond donors (Lipinski definition) is 2. The summed E-state index contributed by atoms with van der Waals surface area (Å²) in [5, 5.41) is 17.3. The van der Waals surface area contributed by atoms with E-state index in [1.807, 2.05) is 48.6 Å². The van der Waals surface area contributed by atoms with Crippen molar-refractivity contribution in [1.29, 1.82) is 0 Å². The maximum absolute atomic E-state index is 10.3. The Bertz CT molecular complexity index is 445. The molecule has 0 spiro atoms. The zero-order valence-electron chi connectivity index (χ0n) is 14.5. The van der Waals surface area contributed by atoms with Crippen LogP contribution in [0.1, 0.15) is 51.9 Å². The molecule has 24 heavy (non-hydrogen) atoms. The van der Waals surface area contributed by atoms with Crippen LogP contribution >= 0.6 is 0 Å².